The highest BCUT2D eigenvalue weighted by atomic mass is 19.4. The van der Waals surface area contributed by atoms with Gasteiger partial charge in [-0.15, -0.1) is 0 Å². The molecule has 4 heteroatoms. The van der Waals surface area contributed by atoms with E-state index < -0.39 is 12.6 Å². The second-order valence-corrected chi connectivity index (χ2v) is 10.7. The summed E-state index contributed by atoms with van der Waals surface area (Å²) in [5.41, 5.74) is 0.267. The molecule has 0 bridgehead atoms. The number of rotatable bonds is 5. The summed E-state index contributed by atoms with van der Waals surface area (Å²) in [5, 5.41) is 0. The Bertz CT molecular complexity index is 542. The van der Waals surface area contributed by atoms with Gasteiger partial charge in [0.15, 0.2) is 0 Å². The molecule has 4 rings (SSSR count). The number of fused-ring (bicyclic) bond motifs is 3. The topological polar surface area (TPSA) is 12.5 Å². The molecule has 8 unspecified atom stereocenters. The summed E-state index contributed by atoms with van der Waals surface area (Å²) < 4.78 is 45.4. The number of ether oxygens (including phenoxy) is 1. The molecule has 1 aliphatic heterocycles. The lowest BCUT2D eigenvalue weighted by Crippen LogP contribution is -2.52. The molecule has 156 valence electrons. The maximum absolute atomic E-state index is 13.3. The van der Waals surface area contributed by atoms with Crippen molar-refractivity contribution in [2.45, 2.75) is 97.3 Å². The van der Waals surface area contributed by atoms with Crippen LogP contribution in [0, 0.1) is 40.4 Å². The molecule has 8 atom stereocenters. The van der Waals surface area contributed by atoms with E-state index in [1.807, 2.05) is 0 Å². The van der Waals surface area contributed by atoms with Crippen LogP contribution < -0.4 is 0 Å². The molecule has 0 N–H and O–H groups in total. The number of halogens is 3. The third-order valence-electron chi connectivity index (χ3n) is 9.48. The SMILES string of the molecule is CCCC1(C)C(CC(F)(F)F)CCC2C3CCC(CC4CO4)C3(C)CCC21. The second kappa shape index (κ2) is 6.92. The van der Waals surface area contributed by atoms with Crippen molar-refractivity contribution in [3.63, 3.8) is 0 Å². The predicted octanol–water partition coefficient (Wildman–Crippen LogP) is 7.00. The van der Waals surface area contributed by atoms with Gasteiger partial charge >= 0.3 is 6.18 Å². The van der Waals surface area contributed by atoms with Crippen molar-refractivity contribution in [3.05, 3.63) is 0 Å². The lowest BCUT2D eigenvalue weighted by atomic mass is 9.46. The van der Waals surface area contributed by atoms with Crippen molar-refractivity contribution >= 4 is 0 Å². The van der Waals surface area contributed by atoms with Crippen molar-refractivity contribution < 1.29 is 17.9 Å². The lowest BCUT2D eigenvalue weighted by Gasteiger charge is -2.59. The van der Waals surface area contributed by atoms with Crippen LogP contribution in [0.15, 0.2) is 0 Å². The zero-order valence-corrected chi connectivity index (χ0v) is 17.3. The first kappa shape index (κ1) is 20.0. The van der Waals surface area contributed by atoms with Crippen LogP contribution in [0.2, 0.25) is 0 Å². The Morgan fingerprint density at radius 2 is 1.67 bits per heavy atom. The van der Waals surface area contributed by atoms with Crippen LogP contribution in [0.3, 0.4) is 0 Å². The van der Waals surface area contributed by atoms with Gasteiger partial charge in [-0.1, -0.05) is 27.2 Å². The first-order valence-corrected chi connectivity index (χ1v) is 11.4. The Balaban J connectivity index is 1.55. The molecule has 4 fully saturated rings. The first-order valence-electron chi connectivity index (χ1n) is 11.4. The van der Waals surface area contributed by atoms with Gasteiger partial charge in [0.2, 0.25) is 0 Å². The molecule has 1 saturated heterocycles. The molecule has 0 spiro atoms. The molecule has 0 radical (unpaired) electrons. The fraction of sp³-hybridized carbons (Fsp3) is 1.00. The summed E-state index contributed by atoms with van der Waals surface area (Å²) in [5.74, 6) is 2.45. The van der Waals surface area contributed by atoms with E-state index in [-0.39, 0.29) is 11.3 Å². The average Bonchev–Trinajstić information content (AvgIpc) is 3.32. The van der Waals surface area contributed by atoms with E-state index in [9.17, 15) is 13.2 Å². The number of hydrogen-bond acceptors (Lipinski definition) is 1. The van der Waals surface area contributed by atoms with Crippen molar-refractivity contribution in [2.24, 2.45) is 40.4 Å². The standard InChI is InChI=1S/C23H37F3O/c1-4-10-21(2)16(13-23(24,25)26)5-7-18-19-8-6-15(12-17-14-27-17)22(19,3)11-9-20(18)21/h15-20H,4-14H2,1-3H3. The monoisotopic (exact) mass is 386 g/mol. The van der Waals surface area contributed by atoms with Gasteiger partial charge in [0.05, 0.1) is 12.7 Å². The first-order chi connectivity index (χ1) is 12.7. The maximum Gasteiger partial charge on any atom is 0.389 e. The summed E-state index contributed by atoms with van der Waals surface area (Å²) in [7, 11) is 0. The Labute approximate surface area is 162 Å². The van der Waals surface area contributed by atoms with Gasteiger partial charge in [0, 0.05) is 6.42 Å². The van der Waals surface area contributed by atoms with E-state index in [0.29, 0.717) is 23.4 Å². The Morgan fingerprint density at radius 1 is 0.963 bits per heavy atom. The lowest BCUT2D eigenvalue weighted by molar-refractivity contribution is -0.177. The van der Waals surface area contributed by atoms with Crippen LogP contribution in [0.5, 0.6) is 0 Å². The van der Waals surface area contributed by atoms with E-state index >= 15 is 0 Å². The number of hydrogen-bond donors (Lipinski definition) is 0. The molecule has 0 aromatic carbocycles. The van der Waals surface area contributed by atoms with Crippen LogP contribution in [-0.4, -0.2) is 18.9 Å². The zero-order chi connectivity index (χ0) is 19.4. The summed E-state index contributed by atoms with van der Waals surface area (Å²) >= 11 is 0. The van der Waals surface area contributed by atoms with Crippen LogP contribution in [0.25, 0.3) is 0 Å². The number of alkyl halides is 3. The molecule has 0 amide bonds. The van der Waals surface area contributed by atoms with Gasteiger partial charge in [-0.2, -0.15) is 13.2 Å². The van der Waals surface area contributed by atoms with E-state index in [0.717, 1.165) is 50.5 Å². The van der Waals surface area contributed by atoms with Crippen LogP contribution in [-0.2, 0) is 4.74 Å². The fourth-order valence-corrected chi connectivity index (χ4v) is 8.10. The van der Waals surface area contributed by atoms with E-state index in [1.54, 1.807) is 0 Å². The van der Waals surface area contributed by atoms with Crippen LogP contribution in [0.4, 0.5) is 13.2 Å². The average molecular weight is 387 g/mol. The van der Waals surface area contributed by atoms with Gasteiger partial charge in [0.25, 0.3) is 0 Å². The third-order valence-corrected chi connectivity index (χ3v) is 9.48. The normalized spacial score (nSPS) is 49.6. The molecular formula is C23H37F3O. The minimum absolute atomic E-state index is 0.133. The minimum Gasteiger partial charge on any atom is -0.373 e. The summed E-state index contributed by atoms with van der Waals surface area (Å²) in [6.45, 7) is 7.81. The summed E-state index contributed by atoms with van der Waals surface area (Å²) in [6.07, 6.45) is 5.83. The molecule has 1 heterocycles. The third kappa shape index (κ3) is 3.57. The minimum atomic E-state index is -4.03. The van der Waals surface area contributed by atoms with Crippen molar-refractivity contribution in [3.8, 4) is 0 Å². The number of epoxide rings is 1. The Kier molecular flexibility index (Phi) is 5.13. The smallest absolute Gasteiger partial charge is 0.373 e. The highest BCUT2D eigenvalue weighted by molar-refractivity contribution is 5.08. The molecular weight excluding hydrogens is 349 g/mol. The predicted molar refractivity (Wildman–Crippen MR) is 101 cm³/mol. The highest BCUT2D eigenvalue weighted by Gasteiger charge is 2.60. The van der Waals surface area contributed by atoms with Gasteiger partial charge in [0.1, 0.15) is 0 Å². The largest absolute Gasteiger partial charge is 0.389 e. The van der Waals surface area contributed by atoms with E-state index in [4.69, 9.17) is 4.74 Å². The van der Waals surface area contributed by atoms with Crippen molar-refractivity contribution in [1.29, 1.82) is 0 Å². The molecule has 0 aromatic heterocycles. The van der Waals surface area contributed by atoms with Gasteiger partial charge in [-0.25, -0.2) is 0 Å². The Morgan fingerprint density at radius 3 is 2.30 bits per heavy atom. The molecule has 0 aromatic rings. The fourth-order valence-electron chi connectivity index (χ4n) is 8.10. The molecule has 3 saturated carbocycles. The molecule has 3 aliphatic carbocycles. The second-order valence-electron chi connectivity index (χ2n) is 10.7. The summed E-state index contributed by atoms with van der Waals surface area (Å²) in [6, 6.07) is 0. The molecule has 1 nitrogen and oxygen atoms in total. The zero-order valence-electron chi connectivity index (χ0n) is 17.3. The van der Waals surface area contributed by atoms with E-state index in [2.05, 4.69) is 20.8 Å². The van der Waals surface area contributed by atoms with Crippen molar-refractivity contribution in [2.75, 3.05) is 6.61 Å². The van der Waals surface area contributed by atoms with Crippen LogP contribution >= 0.6 is 0 Å². The Hall–Kier alpha value is -0.250. The molecule has 4 aliphatic rings. The van der Waals surface area contributed by atoms with E-state index in [1.165, 1.54) is 25.7 Å². The van der Waals surface area contributed by atoms with Gasteiger partial charge in [-0.05, 0) is 91.8 Å². The summed E-state index contributed by atoms with van der Waals surface area (Å²) in [4.78, 5) is 0. The highest BCUT2D eigenvalue weighted by Crippen LogP contribution is 2.67. The maximum atomic E-state index is 13.3. The molecule has 27 heavy (non-hydrogen) atoms. The van der Waals surface area contributed by atoms with Crippen molar-refractivity contribution in [1.82, 2.24) is 0 Å². The van der Waals surface area contributed by atoms with Gasteiger partial charge < -0.3 is 4.74 Å². The van der Waals surface area contributed by atoms with Crippen LogP contribution in [0.1, 0.15) is 85.0 Å². The van der Waals surface area contributed by atoms with Gasteiger partial charge in [-0.3, -0.25) is 0 Å². The quantitative estimate of drug-likeness (QED) is 0.463.